The molecule has 1 heterocycles. The highest BCUT2D eigenvalue weighted by Gasteiger charge is 2.13. The zero-order valence-electron chi connectivity index (χ0n) is 12.5. The van der Waals surface area contributed by atoms with Crippen molar-refractivity contribution in [2.24, 2.45) is 0 Å². The van der Waals surface area contributed by atoms with E-state index in [1.807, 2.05) is 18.2 Å². The maximum Gasteiger partial charge on any atom is 0.338 e. The maximum atomic E-state index is 12.2. The van der Waals surface area contributed by atoms with E-state index >= 15 is 0 Å². The molecule has 0 aliphatic rings. The monoisotopic (exact) mass is 309 g/mol. The predicted molar refractivity (Wildman–Crippen MR) is 86.6 cm³/mol. The molecule has 1 N–H and O–H groups in total. The third-order valence-corrected chi connectivity index (χ3v) is 3.30. The van der Waals surface area contributed by atoms with Crippen LogP contribution in [0.25, 0.3) is 11.0 Å². The molecule has 0 atom stereocenters. The standard InChI is InChI=1S/C18H15NO4/c1-2-22-18(21)12-7-9-14(10-8-12)19-17(20)16-11-13-5-3-4-6-15(13)23-16/h3-11H,2H2,1H3,(H,19,20). The minimum Gasteiger partial charge on any atom is -0.462 e. The number of benzene rings is 2. The second kappa shape index (κ2) is 6.36. The third-order valence-electron chi connectivity index (χ3n) is 3.30. The summed E-state index contributed by atoms with van der Waals surface area (Å²) < 4.78 is 10.4. The number of esters is 1. The van der Waals surface area contributed by atoms with E-state index in [1.54, 1.807) is 43.3 Å². The molecular formula is C18H15NO4. The van der Waals surface area contributed by atoms with Crippen LogP contribution < -0.4 is 5.32 Å². The molecule has 0 spiro atoms. The van der Waals surface area contributed by atoms with Crippen molar-refractivity contribution >= 4 is 28.5 Å². The number of furan rings is 1. The number of amides is 1. The Morgan fingerprint density at radius 3 is 2.52 bits per heavy atom. The quantitative estimate of drug-likeness (QED) is 0.743. The SMILES string of the molecule is CCOC(=O)c1ccc(NC(=O)c2cc3ccccc3o2)cc1. The largest absolute Gasteiger partial charge is 0.462 e. The minimum absolute atomic E-state index is 0.237. The lowest BCUT2D eigenvalue weighted by atomic mass is 10.2. The summed E-state index contributed by atoms with van der Waals surface area (Å²) in [6.45, 7) is 2.07. The van der Waals surface area contributed by atoms with E-state index in [-0.39, 0.29) is 17.6 Å². The molecule has 0 fully saturated rings. The molecule has 116 valence electrons. The molecule has 0 radical (unpaired) electrons. The van der Waals surface area contributed by atoms with Gasteiger partial charge in [-0.05, 0) is 43.3 Å². The van der Waals surface area contributed by atoms with Crippen LogP contribution in [0.15, 0.2) is 59.0 Å². The van der Waals surface area contributed by atoms with Crippen molar-refractivity contribution in [3.05, 3.63) is 65.9 Å². The van der Waals surface area contributed by atoms with Gasteiger partial charge in [-0.15, -0.1) is 0 Å². The van der Waals surface area contributed by atoms with Crippen molar-refractivity contribution in [1.82, 2.24) is 0 Å². The molecule has 0 bridgehead atoms. The number of hydrogen-bond donors (Lipinski definition) is 1. The zero-order chi connectivity index (χ0) is 16.2. The second-order valence-corrected chi connectivity index (χ2v) is 4.90. The molecule has 5 heteroatoms. The Kier molecular flexibility index (Phi) is 4.10. The summed E-state index contributed by atoms with van der Waals surface area (Å²) in [6.07, 6.45) is 0. The summed E-state index contributed by atoms with van der Waals surface area (Å²) in [6, 6.07) is 15.6. The van der Waals surface area contributed by atoms with E-state index in [0.29, 0.717) is 23.4 Å². The molecular weight excluding hydrogens is 294 g/mol. The highest BCUT2D eigenvalue weighted by atomic mass is 16.5. The Hall–Kier alpha value is -3.08. The van der Waals surface area contributed by atoms with Gasteiger partial charge in [-0.25, -0.2) is 4.79 Å². The van der Waals surface area contributed by atoms with Gasteiger partial charge in [-0.2, -0.15) is 0 Å². The van der Waals surface area contributed by atoms with Crippen LogP contribution in [0.3, 0.4) is 0 Å². The van der Waals surface area contributed by atoms with Gasteiger partial charge in [0.15, 0.2) is 5.76 Å². The molecule has 5 nitrogen and oxygen atoms in total. The van der Waals surface area contributed by atoms with Crippen LogP contribution in [0.1, 0.15) is 27.8 Å². The van der Waals surface area contributed by atoms with Gasteiger partial charge in [0.25, 0.3) is 5.91 Å². The predicted octanol–water partition coefficient (Wildman–Crippen LogP) is 3.86. The molecule has 0 aliphatic heterocycles. The topological polar surface area (TPSA) is 68.5 Å². The van der Waals surface area contributed by atoms with Gasteiger partial charge in [-0.1, -0.05) is 18.2 Å². The van der Waals surface area contributed by atoms with Crippen LogP contribution in [0.5, 0.6) is 0 Å². The molecule has 0 unspecified atom stereocenters. The minimum atomic E-state index is -0.386. The van der Waals surface area contributed by atoms with Crippen LogP contribution in [-0.2, 0) is 4.74 Å². The van der Waals surface area contributed by atoms with Crippen LogP contribution in [-0.4, -0.2) is 18.5 Å². The lowest BCUT2D eigenvalue weighted by molar-refractivity contribution is 0.0526. The Labute approximate surface area is 132 Å². The highest BCUT2D eigenvalue weighted by Crippen LogP contribution is 2.20. The number of carbonyl (C=O) groups is 2. The van der Waals surface area contributed by atoms with Gasteiger partial charge in [0.1, 0.15) is 5.58 Å². The first kappa shape index (κ1) is 14.8. The van der Waals surface area contributed by atoms with Gasteiger partial charge in [-0.3, -0.25) is 4.79 Å². The Bertz CT molecular complexity index is 816. The lowest BCUT2D eigenvalue weighted by Gasteiger charge is -2.05. The number of ether oxygens (including phenoxy) is 1. The normalized spacial score (nSPS) is 10.5. The van der Waals surface area contributed by atoms with Crippen LogP contribution in [0.2, 0.25) is 0 Å². The van der Waals surface area contributed by atoms with Crippen LogP contribution in [0, 0.1) is 0 Å². The highest BCUT2D eigenvalue weighted by molar-refractivity contribution is 6.04. The van der Waals surface area contributed by atoms with E-state index < -0.39 is 0 Å². The third kappa shape index (κ3) is 3.23. The van der Waals surface area contributed by atoms with Crippen molar-refractivity contribution in [2.45, 2.75) is 6.92 Å². The smallest absolute Gasteiger partial charge is 0.338 e. The van der Waals surface area contributed by atoms with E-state index in [4.69, 9.17) is 9.15 Å². The van der Waals surface area contributed by atoms with Crippen molar-refractivity contribution in [3.8, 4) is 0 Å². The number of rotatable bonds is 4. The summed E-state index contributed by atoms with van der Waals surface area (Å²) in [5.41, 5.74) is 1.67. The second-order valence-electron chi connectivity index (χ2n) is 4.90. The summed E-state index contributed by atoms with van der Waals surface area (Å²) in [4.78, 5) is 23.8. The van der Waals surface area contributed by atoms with Gasteiger partial charge in [0.05, 0.1) is 12.2 Å². The van der Waals surface area contributed by atoms with Crippen molar-refractivity contribution < 1.29 is 18.7 Å². The van der Waals surface area contributed by atoms with Gasteiger partial charge in [0, 0.05) is 11.1 Å². The molecule has 0 aliphatic carbocycles. The van der Waals surface area contributed by atoms with Crippen molar-refractivity contribution in [2.75, 3.05) is 11.9 Å². The molecule has 1 amide bonds. The number of hydrogen-bond acceptors (Lipinski definition) is 4. The van der Waals surface area contributed by atoms with Crippen LogP contribution >= 0.6 is 0 Å². The molecule has 1 aromatic heterocycles. The van der Waals surface area contributed by atoms with E-state index in [9.17, 15) is 9.59 Å². The van der Waals surface area contributed by atoms with Crippen molar-refractivity contribution in [3.63, 3.8) is 0 Å². The first-order valence-corrected chi connectivity index (χ1v) is 7.24. The lowest BCUT2D eigenvalue weighted by Crippen LogP contribution is -2.11. The number of fused-ring (bicyclic) bond motifs is 1. The maximum absolute atomic E-state index is 12.2. The average molecular weight is 309 g/mol. The summed E-state index contributed by atoms with van der Waals surface area (Å²) in [7, 11) is 0. The van der Waals surface area contributed by atoms with E-state index in [0.717, 1.165) is 5.39 Å². The fourth-order valence-electron chi connectivity index (χ4n) is 2.19. The Morgan fingerprint density at radius 2 is 1.83 bits per heavy atom. The molecule has 0 saturated heterocycles. The zero-order valence-corrected chi connectivity index (χ0v) is 12.5. The number of para-hydroxylation sites is 1. The molecule has 23 heavy (non-hydrogen) atoms. The summed E-state index contributed by atoms with van der Waals surface area (Å²) in [5.74, 6) is -0.492. The molecule has 2 aromatic carbocycles. The van der Waals surface area contributed by atoms with Gasteiger partial charge >= 0.3 is 5.97 Å². The number of nitrogens with one attached hydrogen (secondary N) is 1. The molecule has 3 aromatic rings. The van der Waals surface area contributed by atoms with Crippen molar-refractivity contribution in [1.29, 1.82) is 0 Å². The summed E-state index contributed by atoms with van der Waals surface area (Å²) in [5, 5.41) is 3.60. The first-order chi connectivity index (χ1) is 11.2. The van der Waals surface area contributed by atoms with Gasteiger partial charge in [0.2, 0.25) is 0 Å². The average Bonchev–Trinajstić information content (AvgIpc) is 3.00. The molecule has 3 rings (SSSR count). The first-order valence-electron chi connectivity index (χ1n) is 7.24. The number of carbonyl (C=O) groups excluding carboxylic acids is 2. The van der Waals surface area contributed by atoms with E-state index in [2.05, 4.69) is 5.32 Å². The van der Waals surface area contributed by atoms with Crippen LogP contribution in [0.4, 0.5) is 5.69 Å². The fraction of sp³-hybridized carbons (Fsp3) is 0.111. The Balaban J connectivity index is 1.73. The van der Waals surface area contributed by atoms with E-state index in [1.165, 1.54) is 0 Å². The fourth-order valence-corrected chi connectivity index (χ4v) is 2.19. The Morgan fingerprint density at radius 1 is 1.09 bits per heavy atom. The number of anilines is 1. The molecule has 0 saturated carbocycles. The van der Waals surface area contributed by atoms with Gasteiger partial charge < -0.3 is 14.5 Å². The summed E-state index contributed by atoms with van der Waals surface area (Å²) >= 11 is 0.